The van der Waals surface area contributed by atoms with Crippen LogP contribution in [-0.2, 0) is 23.1 Å². The Morgan fingerprint density at radius 1 is 1.00 bits per heavy atom. The number of amides is 1. The van der Waals surface area contributed by atoms with E-state index in [0.29, 0.717) is 54.8 Å². The molecular weight excluding hydrogens is 664 g/mol. The van der Waals surface area contributed by atoms with Crippen LogP contribution in [0, 0.1) is 17.8 Å². The Bertz CT molecular complexity index is 2230. The van der Waals surface area contributed by atoms with Crippen LogP contribution < -0.4 is 10.5 Å². The number of halogens is 1. The van der Waals surface area contributed by atoms with Gasteiger partial charge in [-0.25, -0.2) is 23.4 Å². The summed E-state index contributed by atoms with van der Waals surface area (Å²) in [6, 6.07) is 12.9. The number of rotatable bonds is 9. The number of hydrogen-bond acceptors (Lipinski definition) is 8. The highest BCUT2D eigenvalue weighted by molar-refractivity contribution is 7.89. The van der Waals surface area contributed by atoms with Crippen molar-refractivity contribution in [3.05, 3.63) is 65.6 Å². The van der Waals surface area contributed by atoms with Crippen LogP contribution in [0.2, 0.25) is 5.15 Å². The normalized spacial score (nSPS) is 22.8. The molecule has 1 amide bonds. The van der Waals surface area contributed by atoms with Gasteiger partial charge in [0.1, 0.15) is 27.0 Å². The Labute approximate surface area is 288 Å². The molecule has 0 spiro atoms. The summed E-state index contributed by atoms with van der Waals surface area (Å²) in [5.74, 6) is 2.17. The van der Waals surface area contributed by atoms with Gasteiger partial charge in [-0.1, -0.05) is 11.6 Å². The lowest BCUT2D eigenvalue weighted by Gasteiger charge is -2.38. The van der Waals surface area contributed by atoms with E-state index in [1.165, 1.54) is 35.5 Å². The van der Waals surface area contributed by atoms with Crippen LogP contribution >= 0.6 is 11.6 Å². The number of pyridine rings is 2. The van der Waals surface area contributed by atoms with Crippen molar-refractivity contribution in [1.82, 2.24) is 33.3 Å². The van der Waals surface area contributed by atoms with Crippen molar-refractivity contribution in [1.29, 1.82) is 0 Å². The highest BCUT2D eigenvalue weighted by atomic mass is 35.5. The fourth-order valence-electron chi connectivity index (χ4n) is 8.10. The Hall–Kier alpha value is -4.04. The van der Waals surface area contributed by atoms with Gasteiger partial charge in [0.15, 0.2) is 5.82 Å². The van der Waals surface area contributed by atoms with E-state index >= 15 is 0 Å². The summed E-state index contributed by atoms with van der Waals surface area (Å²) in [7, 11) is -2.10. The summed E-state index contributed by atoms with van der Waals surface area (Å²) in [6.45, 7) is 2.69. The predicted molar refractivity (Wildman–Crippen MR) is 185 cm³/mol. The molecule has 0 unspecified atom stereocenters. The minimum absolute atomic E-state index is 0.0122. The van der Waals surface area contributed by atoms with Gasteiger partial charge >= 0.3 is 0 Å². The molecule has 1 aromatic carbocycles. The van der Waals surface area contributed by atoms with E-state index < -0.39 is 10.0 Å². The molecule has 14 heteroatoms. The van der Waals surface area contributed by atoms with Gasteiger partial charge in [0, 0.05) is 74.1 Å². The second-order valence-electron chi connectivity index (χ2n) is 14.0. The summed E-state index contributed by atoms with van der Waals surface area (Å²) in [4.78, 5) is 29.9. The monoisotopic (exact) mass is 700 g/mol. The SMILES string of the molecule is COc1cc(C(=O)N2C[C@H]3CC[C@@H]2[C@@H]3N)cc2nc(-c3cc4cccnc4n3CC3CC3)n(CC3CN(S(=O)(=O)c4ccc(Cl)nc4)C3)c12. The lowest BCUT2D eigenvalue weighted by molar-refractivity contribution is 0.0700. The summed E-state index contributed by atoms with van der Waals surface area (Å²) in [5, 5.41) is 1.27. The zero-order valence-corrected chi connectivity index (χ0v) is 28.6. The molecule has 3 atom stereocenters. The molecule has 12 nitrogen and oxygen atoms in total. The molecule has 2 saturated carbocycles. The molecule has 2 bridgehead atoms. The smallest absolute Gasteiger partial charge is 0.254 e. The molecule has 5 aromatic rings. The van der Waals surface area contributed by atoms with Crippen molar-refractivity contribution in [2.24, 2.45) is 23.5 Å². The molecule has 0 radical (unpaired) electrons. The van der Waals surface area contributed by atoms with Gasteiger partial charge in [0.2, 0.25) is 10.0 Å². The summed E-state index contributed by atoms with van der Waals surface area (Å²) >= 11 is 5.91. The van der Waals surface area contributed by atoms with Crippen LogP contribution in [0.25, 0.3) is 33.6 Å². The maximum absolute atomic E-state index is 13.9. The first-order valence-electron chi connectivity index (χ1n) is 16.9. The van der Waals surface area contributed by atoms with Gasteiger partial charge in [-0.05, 0) is 80.0 Å². The number of aromatic nitrogens is 5. The standard InChI is InChI=1S/C35H37ClN8O4S/c1-48-29-13-24(35(45)43-19-23-6-8-27(43)31(23)37)11-26-32(29)44(18-21-15-41(16-21)49(46,47)25-7-9-30(36)39-14-25)34(40-26)28-12-22-3-2-10-38-33(22)42(28)17-20-4-5-20/h2-3,7,9-14,20-21,23,27,31H,4-6,8,15-19,37H2,1H3/t23-,27-,31-/m1/s1. The average molecular weight is 701 g/mol. The Kier molecular flexibility index (Phi) is 7.28. The summed E-state index contributed by atoms with van der Waals surface area (Å²) in [5.41, 5.74) is 10.2. The highest BCUT2D eigenvalue weighted by Crippen LogP contribution is 2.41. The van der Waals surface area contributed by atoms with Gasteiger partial charge in [-0.3, -0.25) is 4.79 Å². The number of carbonyl (C=O) groups is 1. The molecular formula is C35H37ClN8O4S. The van der Waals surface area contributed by atoms with E-state index in [2.05, 4.69) is 26.3 Å². The van der Waals surface area contributed by atoms with Gasteiger partial charge in [-0.2, -0.15) is 4.31 Å². The molecule has 4 aliphatic rings. The number of benzene rings is 1. The molecule has 254 valence electrons. The van der Waals surface area contributed by atoms with Crippen molar-refractivity contribution in [3.8, 4) is 17.3 Å². The van der Waals surface area contributed by atoms with Crippen molar-refractivity contribution < 1.29 is 17.9 Å². The minimum Gasteiger partial charge on any atom is -0.494 e. The van der Waals surface area contributed by atoms with E-state index in [-0.39, 0.29) is 34.0 Å². The van der Waals surface area contributed by atoms with Crippen LogP contribution in [-0.4, -0.2) is 86.4 Å². The zero-order valence-electron chi connectivity index (χ0n) is 27.1. The molecule has 2 aliphatic carbocycles. The van der Waals surface area contributed by atoms with Gasteiger partial charge in [0.05, 0.1) is 18.3 Å². The lowest BCUT2D eigenvalue weighted by atomic mass is 10.0. The maximum atomic E-state index is 13.9. The molecule has 49 heavy (non-hydrogen) atoms. The van der Waals surface area contributed by atoms with Crippen LogP contribution in [0.15, 0.2) is 59.8 Å². The second-order valence-corrected chi connectivity index (χ2v) is 16.4. The molecule has 6 heterocycles. The highest BCUT2D eigenvalue weighted by Gasteiger charge is 2.47. The summed E-state index contributed by atoms with van der Waals surface area (Å²) in [6.07, 6.45) is 7.46. The number of likely N-dealkylation sites (tertiary alicyclic amines) is 1. The molecule has 4 fully saturated rings. The minimum atomic E-state index is -3.71. The van der Waals surface area contributed by atoms with Crippen molar-refractivity contribution >= 4 is 49.6 Å². The number of nitrogens with zero attached hydrogens (tertiary/aromatic N) is 7. The largest absolute Gasteiger partial charge is 0.494 e. The number of nitrogens with two attached hydrogens (primary N) is 1. The third-order valence-electron chi connectivity index (χ3n) is 10.9. The van der Waals surface area contributed by atoms with Gasteiger partial charge in [0.25, 0.3) is 5.91 Å². The fourth-order valence-corrected chi connectivity index (χ4v) is 9.75. The van der Waals surface area contributed by atoms with Crippen LogP contribution in [0.3, 0.4) is 0 Å². The third-order valence-corrected chi connectivity index (χ3v) is 13.0. The number of piperidine rings is 1. The number of hydrogen-bond donors (Lipinski definition) is 1. The quantitative estimate of drug-likeness (QED) is 0.223. The lowest BCUT2D eigenvalue weighted by Crippen LogP contribution is -2.51. The number of methoxy groups -OCH3 is 1. The Morgan fingerprint density at radius 3 is 2.51 bits per heavy atom. The van der Waals surface area contributed by atoms with E-state index in [1.807, 2.05) is 29.3 Å². The van der Waals surface area contributed by atoms with Crippen LogP contribution in [0.1, 0.15) is 36.0 Å². The number of fused-ring (bicyclic) bond motifs is 4. The molecule has 4 aromatic heterocycles. The molecule has 2 saturated heterocycles. The fraction of sp³-hybridized carbons (Fsp3) is 0.429. The van der Waals surface area contributed by atoms with E-state index in [0.717, 1.165) is 47.5 Å². The van der Waals surface area contributed by atoms with E-state index in [4.69, 9.17) is 32.0 Å². The van der Waals surface area contributed by atoms with Crippen LogP contribution in [0.4, 0.5) is 0 Å². The first-order chi connectivity index (χ1) is 23.7. The summed E-state index contributed by atoms with van der Waals surface area (Å²) < 4.78 is 38.6. The predicted octanol–water partition coefficient (Wildman–Crippen LogP) is 4.40. The Morgan fingerprint density at radius 2 is 1.82 bits per heavy atom. The van der Waals surface area contributed by atoms with Crippen molar-refractivity contribution in [2.45, 2.75) is 55.8 Å². The topological polar surface area (TPSA) is 141 Å². The molecule has 9 rings (SSSR count). The number of carbonyl (C=O) groups excluding carboxylic acids is 1. The van der Waals surface area contributed by atoms with Gasteiger partial charge in [-0.15, -0.1) is 0 Å². The van der Waals surface area contributed by atoms with Crippen molar-refractivity contribution in [2.75, 3.05) is 26.7 Å². The first kappa shape index (κ1) is 31.0. The van der Waals surface area contributed by atoms with Crippen molar-refractivity contribution in [3.63, 3.8) is 0 Å². The molecule has 2 N–H and O–H groups in total. The van der Waals surface area contributed by atoms with Gasteiger partial charge < -0.3 is 24.5 Å². The first-order valence-corrected chi connectivity index (χ1v) is 18.7. The van der Waals surface area contributed by atoms with Crippen LogP contribution in [0.5, 0.6) is 5.75 Å². The second kappa shape index (κ2) is 11.5. The van der Waals surface area contributed by atoms with E-state index in [1.54, 1.807) is 7.11 Å². The number of ether oxygens (including phenoxy) is 1. The number of sulfonamides is 1. The molecule has 2 aliphatic heterocycles. The third kappa shape index (κ3) is 5.12. The zero-order chi connectivity index (χ0) is 33.6. The van der Waals surface area contributed by atoms with E-state index in [9.17, 15) is 13.2 Å². The average Bonchev–Trinajstić information content (AvgIpc) is 3.44. The maximum Gasteiger partial charge on any atom is 0.254 e. The Balaban J connectivity index is 1.12. The number of imidazole rings is 1.